The monoisotopic (exact) mass is 277 g/mol. The lowest BCUT2D eigenvalue weighted by molar-refractivity contribution is 0.00870. The first-order chi connectivity index (χ1) is 8.65. The van der Waals surface area contributed by atoms with Crippen LogP contribution in [0.4, 0.5) is 8.78 Å². The van der Waals surface area contributed by atoms with Crippen LogP contribution >= 0.6 is 11.8 Å². The molecule has 0 aromatic heterocycles. The number of benzene rings is 1. The Bertz CT molecular complexity index is 390. The zero-order valence-corrected chi connectivity index (χ0v) is 10.5. The van der Waals surface area contributed by atoms with Gasteiger partial charge in [0, 0.05) is 12.0 Å². The fourth-order valence-electron chi connectivity index (χ4n) is 1.15. The van der Waals surface area contributed by atoms with Crippen molar-refractivity contribution in [3.8, 4) is 0 Å². The van der Waals surface area contributed by atoms with Gasteiger partial charge in [-0.05, 0) is 12.1 Å². The molecule has 0 spiro atoms. The molecule has 0 bridgehead atoms. The number of amides is 1. The van der Waals surface area contributed by atoms with Crippen LogP contribution in [-0.2, 0) is 9.57 Å². The van der Waals surface area contributed by atoms with Gasteiger partial charge in [-0.15, -0.1) is 0 Å². The summed E-state index contributed by atoms with van der Waals surface area (Å²) in [4.78, 5) is 16.7. The van der Waals surface area contributed by atoms with Crippen LogP contribution in [0.5, 0.6) is 0 Å². The maximum absolute atomic E-state index is 12.3. The van der Waals surface area contributed by atoms with Crippen molar-refractivity contribution in [2.45, 2.75) is 10.7 Å². The van der Waals surface area contributed by atoms with Gasteiger partial charge in [-0.2, -0.15) is 8.78 Å². The first kappa shape index (κ1) is 14.9. The Morgan fingerprint density at radius 2 is 2.11 bits per heavy atom. The molecule has 18 heavy (non-hydrogen) atoms. The van der Waals surface area contributed by atoms with Gasteiger partial charge in [0.1, 0.15) is 0 Å². The largest absolute Gasteiger partial charge is 0.382 e. The molecule has 0 saturated heterocycles. The molecule has 1 rings (SSSR count). The number of nitrogens with one attached hydrogen (secondary N) is 1. The van der Waals surface area contributed by atoms with E-state index in [1.807, 2.05) is 0 Å². The van der Waals surface area contributed by atoms with Gasteiger partial charge in [0.05, 0.1) is 18.8 Å². The number of thioether (sulfide) groups is 1. The predicted octanol–water partition coefficient (Wildman–Crippen LogP) is 2.31. The van der Waals surface area contributed by atoms with Crippen molar-refractivity contribution >= 4 is 17.7 Å². The lowest BCUT2D eigenvalue weighted by Gasteiger charge is -2.09. The number of carbonyl (C=O) groups is 1. The lowest BCUT2D eigenvalue weighted by atomic mass is 10.2. The molecule has 0 saturated carbocycles. The molecular weight excluding hydrogens is 264 g/mol. The third-order valence-corrected chi connectivity index (χ3v) is 2.69. The van der Waals surface area contributed by atoms with E-state index in [0.29, 0.717) is 18.4 Å². The van der Waals surface area contributed by atoms with E-state index < -0.39 is 11.7 Å². The molecule has 0 radical (unpaired) electrons. The second kappa shape index (κ2) is 8.02. The zero-order chi connectivity index (χ0) is 13.4. The van der Waals surface area contributed by atoms with Crippen molar-refractivity contribution in [2.24, 2.45) is 0 Å². The Hall–Kier alpha value is -1.18. The Morgan fingerprint density at radius 1 is 1.39 bits per heavy atom. The molecule has 1 amide bonds. The first-order valence-electron chi connectivity index (χ1n) is 5.10. The van der Waals surface area contributed by atoms with Crippen LogP contribution in [0.2, 0.25) is 0 Å². The highest BCUT2D eigenvalue weighted by Crippen LogP contribution is 2.28. The maximum Gasteiger partial charge on any atom is 0.288 e. The van der Waals surface area contributed by atoms with Crippen molar-refractivity contribution in [3.63, 3.8) is 0 Å². The van der Waals surface area contributed by atoms with Crippen LogP contribution in [-0.4, -0.2) is 32.0 Å². The molecule has 4 nitrogen and oxygen atoms in total. The number of halogens is 2. The second-order valence-electron chi connectivity index (χ2n) is 3.15. The fourth-order valence-corrected chi connectivity index (χ4v) is 1.79. The van der Waals surface area contributed by atoms with Gasteiger partial charge in [-0.3, -0.25) is 9.63 Å². The van der Waals surface area contributed by atoms with E-state index in [2.05, 4.69) is 5.48 Å². The summed E-state index contributed by atoms with van der Waals surface area (Å²) in [5.74, 6) is -3.14. The lowest BCUT2D eigenvalue weighted by Crippen LogP contribution is -2.25. The number of hydrogen-bond acceptors (Lipinski definition) is 4. The van der Waals surface area contributed by atoms with Crippen LogP contribution in [0.25, 0.3) is 0 Å². The minimum atomic E-state index is -2.58. The van der Waals surface area contributed by atoms with Crippen molar-refractivity contribution < 1.29 is 23.1 Å². The third-order valence-electron chi connectivity index (χ3n) is 1.90. The van der Waals surface area contributed by atoms with Gasteiger partial charge in [-0.25, -0.2) is 5.48 Å². The summed E-state index contributed by atoms with van der Waals surface area (Å²) in [6.45, 7) is 0.514. The third kappa shape index (κ3) is 4.99. The number of carbonyl (C=O) groups excluding carboxylic acids is 1. The molecule has 0 aliphatic carbocycles. The molecule has 0 heterocycles. The number of hydrogen-bond donors (Lipinski definition) is 1. The Kier molecular flexibility index (Phi) is 6.63. The van der Waals surface area contributed by atoms with E-state index in [1.54, 1.807) is 12.1 Å². The normalized spacial score (nSPS) is 10.7. The van der Waals surface area contributed by atoms with Crippen molar-refractivity contribution in [1.29, 1.82) is 0 Å². The van der Waals surface area contributed by atoms with Crippen molar-refractivity contribution in [3.05, 3.63) is 29.8 Å². The Labute approximate surface area is 108 Å². The summed E-state index contributed by atoms with van der Waals surface area (Å²) in [6.07, 6.45) is 0. The van der Waals surface area contributed by atoms with Crippen molar-refractivity contribution in [2.75, 3.05) is 20.3 Å². The van der Waals surface area contributed by atoms with Gasteiger partial charge in [-0.1, -0.05) is 23.9 Å². The number of ether oxygens (including phenoxy) is 1. The number of methoxy groups -OCH3 is 1. The highest BCUT2D eigenvalue weighted by molar-refractivity contribution is 7.99. The van der Waals surface area contributed by atoms with Gasteiger partial charge in [0.25, 0.3) is 11.7 Å². The molecular formula is C11H13F2NO3S. The SMILES string of the molecule is COCCONC(=O)c1ccccc1SC(F)F. The molecule has 0 unspecified atom stereocenters. The maximum atomic E-state index is 12.3. The van der Waals surface area contributed by atoms with Crippen LogP contribution in [0.15, 0.2) is 29.2 Å². The van der Waals surface area contributed by atoms with E-state index >= 15 is 0 Å². The average molecular weight is 277 g/mol. The summed E-state index contributed by atoms with van der Waals surface area (Å²) in [5, 5.41) is 0. The van der Waals surface area contributed by atoms with Crippen LogP contribution in [0.1, 0.15) is 10.4 Å². The molecule has 100 valence electrons. The quantitative estimate of drug-likeness (QED) is 0.472. The molecule has 0 aliphatic rings. The average Bonchev–Trinajstić information content (AvgIpc) is 2.34. The van der Waals surface area contributed by atoms with Crippen LogP contribution < -0.4 is 5.48 Å². The van der Waals surface area contributed by atoms with E-state index in [9.17, 15) is 13.6 Å². The van der Waals surface area contributed by atoms with E-state index in [-0.39, 0.29) is 17.1 Å². The van der Waals surface area contributed by atoms with Crippen LogP contribution in [0, 0.1) is 0 Å². The zero-order valence-electron chi connectivity index (χ0n) is 9.69. The summed E-state index contributed by atoms with van der Waals surface area (Å²) in [5.41, 5.74) is 2.32. The predicted molar refractivity (Wildman–Crippen MR) is 63.6 cm³/mol. The Balaban J connectivity index is 2.61. The molecule has 0 atom stereocenters. The van der Waals surface area contributed by atoms with E-state index in [0.717, 1.165) is 0 Å². The standard InChI is InChI=1S/C11H13F2NO3S/c1-16-6-7-17-14-10(15)8-4-2-3-5-9(8)18-11(12)13/h2-5,11H,6-7H2,1H3,(H,14,15). The summed E-state index contributed by atoms with van der Waals surface area (Å²) in [7, 11) is 1.50. The van der Waals surface area contributed by atoms with E-state index in [1.165, 1.54) is 19.2 Å². The molecule has 7 heteroatoms. The van der Waals surface area contributed by atoms with Gasteiger partial charge >= 0.3 is 0 Å². The number of hydroxylamine groups is 1. The summed E-state index contributed by atoms with van der Waals surface area (Å²) < 4.78 is 29.3. The number of rotatable bonds is 7. The smallest absolute Gasteiger partial charge is 0.288 e. The fraction of sp³-hybridized carbons (Fsp3) is 0.364. The van der Waals surface area contributed by atoms with Gasteiger partial charge in [0.15, 0.2) is 0 Å². The molecule has 1 aromatic rings. The molecule has 1 aromatic carbocycles. The topological polar surface area (TPSA) is 47.6 Å². The number of alkyl halides is 2. The molecule has 1 N–H and O–H groups in total. The van der Waals surface area contributed by atoms with Gasteiger partial charge < -0.3 is 4.74 Å². The minimum absolute atomic E-state index is 0.153. The highest BCUT2D eigenvalue weighted by atomic mass is 32.2. The molecule has 0 aliphatic heterocycles. The van der Waals surface area contributed by atoms with Crippen LogP contribution in [0.3, 0.4) is 0 Å². The first-order valence-corrected chi connectivity index (χ1v) is 5.98. The van der Waals surface area contributed by atoms with Gasteiger partial charge in [0.2, 0.25) is 0 Å². The summed E-state index contributed by atoms with van der Waals surface area (Å²) in [6, 6.07) is 6.10. The summed E-state index contributed by atoms with van der Waals surface area (Å²) >= 11 is 0.323. The minimum Gasteiger partial charge on any atom is -0.382 e. The van der Waals surface area contributed by atoms with Crippen molar-refractivity contribution in [1.82, 2.24) is 5.48 Å². The second-order valence-corrected chi connectivity index (χ2v) is 4.18. The molecule has 0 fully saturated rings. The highest BCUT2D eigenvalue weighted by Gasteiger charge is 2.14. The Morgan fingerprint density at radius 3 is 2.78 bits per heavy atom. The van der Waals surface area contributed by atoms with E-state index in [4.69, 9.17) is 9.57 Å².